The number of anilines is 1. The van der Waals surface area contributed by atoms with Crippen LogP contribution in [0.5, 0.6) is 0 Å². The Morgan fingerprint density at radius 3 is 3.00 bits per heavy atom. The molecule has 0 spiro atoms. The summed E-state index contributed by atoms with van der Waals surface area (Å²) >= 11 is 7.63. The summed E-state index contributed by atoms with van der Waals surface area (Å²) in [6.07, 6.45) is 0. The first-order chi connectivity index (χ1) is 5.70. The highest BCUT2D eigenvalue weighted by Gasteiger charge is 2.06. The normalized spacial score (nSPS) is 10.8. The van der Waals surface area contributed by atoms with E-state index in [2.05, 4.69) is 0 Å². The van der Waals surface area contributed by atoms with Gasteiger partial charge in [0.15, 0.2) is 0 Å². The molecule has 2 rings (SSSR count). The number of rotatable bonds is 0. The van der Waals surface area contributed by atoms with Crippen LogP contribution in [0.15, 0.2) is 17.5 Å². The van der Waals surface area contributed by atoms with Crippen molar-refractivity contribution in [2.24, 2.45) is 0 Å². The van der Waals surface area contributed by atoms with Crippen molar-refractivity contribution in [3.05, 3.63) is 28.1 Å². The number of benzene rings is 1. The second kappa shape index (κ2) is 2.64. The number of hydrogen-bond acceptors (Lipinski definition) is 2. The molecule has 1 nitrogen and oxygen atoms in total. The summed E-state index contributed by atoms with van der Waals surface area (Å²) < 4.78 is 1.23. The van der Waals surface area contributed by atoms with E-state index in [-0.39, 0.29) is 0 Å². The highest BCUT2D eigenvalue weighted by atomic mass is 35.5. The van der Waals surface area contributed by atoms with Gasteiger partial charge >= 0.3 is 0 Å². The highest BCUT2D eigenvalue weighted by Crippen LogP contribution is 2.34. The zero-order valence-electron chi connectivity index (χ0n) is 6.60. The molecule has 12 heavy (non-hydrogen) atoms. The maximum atomic E-state index is 5.93. The summed E-state index contributed by atoms with van der Waals surface area (Å²) in [6, 6.07) is 3.92. The molecule has 1 aromatic heterocycles. The van der Waals surface area contributed by atoms with Crippen LogP contribution in [0, 0.1) is 6.92 Å². The van der Waals surface area contributed by atoms with Gasteiger partial charge in [-0.25, -0.2) is 0 Å². The van der Waals surface area contributed by atoms with Gasteiger partial charge in [-0.15, -0.1) is 11.3 Å². The Hall–Kier alpha value is -0.730. The number of halogens is 1. The lowest BCUT2D eigenvalue weighted by Gasteiger charge is -2.02. The summed E-state index contributed by atoms with van der Waals surface area (Å²) in [4.78, 5) is 0. The monoisotopic (exact) mass is 197 g/mol. The lowest BCUT2D eigenvalue weighted by Crippen LogP contribution is -1.87. The molecule has 0 unspecified atom stereocenters. The van der Waals surface area contributed by atoms with Gasteiger partial charge in [-0.3, -0.25) is 0 Å². The van der Waals surface area contributed by atoms with Gasteiger partial charge in [-0.1, -0.05) is 11.6 Å². The summed E-state index contributed by atoms with van der Waals surface area (Å²) in [5, 5.41) is 3.76. The Labute approximate surface area is 79.8 Å². The summed E-state index contributed by atoms with van der Waals surface area (Å²) in [6.45, 7) is 2.05. The van der Waals surface area contributed by atoms with Crippen molar-refractivity contribution in [2.45, 2.75) is 6.92 Å². The minimum atomic E-state index is 0.651. The Kier molecular flexibility index (Phi) is 1.74. The van der Waals surface area contributed by atoms with E-state index in [1.54, 1.807) is 11.3 Å². The molecule has 0 radical (unpaired) electrons. The van der Waals surface area contributed by atoms with Crippen molar-refractivity contribution < 1.29 is 0 Å². The number of nitrogen functional groups attached to an aromatic ring is 1. The molecule has 0 saturated heterocycles. The van der Waals surface area contributed by atoms with Gasteiger partial charge < -0.3 is 5.73 Å². The van der Waals surface area contributed by atoms with Crippen LogP contribution in [0.2, 0.25) is 5.02 Å². The van der Waals surface area contributed by atoms with Crippen LogP contribution in [0.3, 0.4) is 0 Å². The molecule has 2 aromatic rings. The fraction of sp³-hybridized carbons (Fsp3) is 0.111. The third-order valence-electron chi connectivity index (χ3n) is 1.91. The lowest BCUT2D eigenvalue weighted by atomic mass is 10.1. The van der Waals surface area contributed by atoms with Crippen molar-refractivity contribution in [2.75, 3.05) is 5.73 Å². The molecule has 0 aliphatic carbocycles. The third-order valence-corrected chi connectivity index (χ3v) is 3.28. The first kappa shape index (κ1) is 7.90. The zero-order valence-corrected chi connectivity index (χ0v) is 8.17. The van der Waals surface area contributed by atoms with Gasteiger partial charge in [0.2, 0.25) is 0 Å². The first-order valence-corrected chi connectivity index (χ1v) is 4.87. The molecular weight excluding hydrogens is 190 g/mol. The topological polar surface area (TPSA) is 26.0 Å². The molecule has 1 heterocycles. The second-order valence-electron chi connectivity index (χ2n) is 2.75. The van der Waals surface area contributed by atoms with Crippen molar-refractivity contribution >= 4 is 38.7 Å². The molecular formula is C9H8ClNS. The maximum absolute atomic E-state index is 5.93. The smallest absolute Gasteiger partial charge is 0.0645 e. The molecule has 3 heteroatoms. The van der Waals surface area contributed by atoms with Gasteiger partial charge in [0.25, 0.3) is 0 Å². The van der Waals surface area contributed by atoms with E-state index in [0.29, 0.717) is 10.7 Å². The van der Waals surface area contributed by atoms with E-state index < -0.39 is 0 Å². The molecule has 0 saturated carbocycles. The van der Waals surface area contributed by atoms with Gasteiger partial charge in [0, 0.05) is 10.1 Å². The van der Waals surface area contributed by atoms with Crippen molar-refractivity contribution in [1.29, 1.82) is 0 Å². The first-order valence-electron chi connectivity index (χ1n) is 3.62. The lowest BCUT2D eigenvalue weighted by molar-refractivity contribution is 1.56. The zero-order chi connectivity index (χ0) is 8.72. The van der Waals surface area contributed by atoms with E-state index in [1.807, 2.05) is 24.4 Å². The maximum Gasteiger partial charge on any atom is 0.0645 e. The standard InChI is InChI=1S/C9H8ClNS/c1-5-4-7(10)8(11)6-2-3-12-9(5)6/h2-4H,11H2,1H3. The van der Waals surface area contributed by atoms with Gasteiger partial charge in [-0.2, -0.15) is 0 Å². The molecule has 0 bridgehead atoms. The van der Waals surface area contributed by atoms with Gasteiger partial charge in [0.1, 0.15) is 0 Å². The number of hydrogen-bond donors (Lipinski definition) is 1. The van der Waals surface area contributed by atoms with E-state index >= 15 is 0 Å². The van der Waals surface area contributed by atoms with E-state index in [1.165, 1.54) is 10.3 Å². The Morgan fingerprint density at radius 2 is 2.25 bits per heavy atom. The fourth-order valence-electron chi connectivity index (χ4n) is 1.29. The van der Waals surface area contributed by atoms with Crippen LogP contribution in [-0.2, 0) is 0 Å². The number of aryl methyl sites for hydroxylation is 1. The van der Waals surface area contributed by atoms with Crippen LogP contribution < -0.4 is 5.73 Å². The van der Waals surface area contributed by atoms with Crippen LogP contribution in [-0.4, -0.2) is 0 Å². The van der Waals surface area contributed by atoms with Crippen LogP contribution in [0.4, 0.5) is 5.69 Å². The fourth-order valence-corrected chi connectivity index (χ4v) is 2.44. The predicted octanol–water partition coefficient (Wildman–Crippen LogP) is 3.45. The average molecular weight is 198 g/mol. The van der Waals surface area contributed by atoms with Crippen molar-refractivity contribution in [3.63, 3.8) is 0 Å². The quantitative estimate of drug-likeness (QED) is 0.644. The predicted molar refractivity (Wildman–Crippen MR) is 56.0 cm³/mol. The van der Waals surface area contributed by atoms with Crippen molar-refractivity contribution in [3.8, 4) is 0 Å². The van der Waals surface area contributed by atoms with Gasteiger partial charge in [-0.05, 0) is 30.0 Å². The average Bonchev–Trinajstić information content (AvgIpc) is 2.48. The summed E-state index contributed by atoms with van der Waals surface area (Å²) in [7, 11) is 0. The second-order valence-corrected chi connectivity index (χ2v) is 4.08. The SMILES string of the molecule is Cc1cc(Cl)c(N)c2ccsc12. The molecule has 0 atom stereocenters. The number of nitrogens with two attached hydrogens (primary N) is 1. The summed E-state index contributed by atoms with van der Waals surface area (Å²) in [5.74, 6) is 0. The third kappa shape index (κ3) is 0.993. The molecule has 2 N–H and O–H groups in total. The molecule has 0 amide bonds. The Morgan fingerprint density at radius 1 is 1.50 bits per heavy atom. The Bertz CT molecular complexity index is 433. The largest absolute Gasteiger partial charge is 0.397 e. The summed E-state index contributed by atoms with van der Waals surface area (Å²) in [5.41, 5.74) is 7.69. The highest BCUT2D eigenvalue weighted by molar-refractivity contribution is 7.17. The number of thiophene rings is 1. The molecule has 0 fully saturated rings. The molecule has 0 aliphatic heterocycles. The van der Waals surface area contributed by atoms with Crippen LogP contribution >= 0.6 is 22.9 Å². The van der Waals surface area contributed by atoms with Crippen LogP contribution in [0.25, 0.3) is 10.1 Å². The molecule has 62 valence electrons. The minimum Gasteiger partial charge on any atom is -0.397 e. The molecule has 0 aliphatic rings. The van der Waals surface area contributed by atoms with Crippen LogP contribution in [0.1, 0.15) is 5.56 Å². The van der Waals surface area contributed by atoms with E-state index in [0.717, 1.165) is 5.39 Å². The van der Waals surface area contributed by atoms with Crippen molar-refractivity contribution in [1.82, 2.24) is 0 Å². The van der Waals surface area contributed by atoms with E-state index in [9.17, 15) is 0 Å². The Balaban J connectivity index is 2.97. The van der Waals surface area contributed by atoms with E-state index in [4.69, 9.17) is 17.3 Å². The minimum absolute atomic E-state index is 0.651. The van der Waals surface area contributed by atoms with Gasteiger partial charge in [0.05, 0.1) is 10.7 Å². The number of fused-ring (bicyclic) bond motifs is 1. The molecule has 1 aromatic carbocycles.